The van der Waals surface area contributed by atoms with Gasteiger partial charge in [0.2, 0.25) is 0 Å². The molecular weight excluding hydrogens is 355 g/mol. The van der Waals surface area contributed by atoms with E-state index in [0.717, 1.165) is 24.1 Å². The van der Waals surface area contributed by atoms with Gasteiger partial charge in [0.15, 0.2) is 17.5 Å². The molecule has 2 N–H and O–H groups in total. The van der Waals surface area contributed by atoms with Crippen molar-refractivity contribution in [3.05, 3.63) is 89.4 Å². The van der Waals surface area contributed by atoms with Crippen molar-refractivity contribution in [2.75, 3.05) is 17.2 Å². The number of hydrogen-bond acceptors (Lipinski definition) is 3. The summed E-state index contributed by atoms with van der Waals surface area (Å²) in [5.41, 5.74) is 0.929. The summed E-state index contributed by atoms with van der Waals surface area (Å²) in [6.45, 7) is 0.611. The molecule has 0 fully saturated rings. The lowest BCUT2D eigenvalue weighted by Crippen LogP contribution is -2.15. The summed E-state index contributed by atoms with van der Waals surface area (Å²) in [5, 5.41) is 5.33. The molecule has 0 atom stereocenters. The number of amides is 1. The Balaban J connectivity index is 1.64. The fraction of sp³-hybridized carbons (Fsp3) is 0.100. The van der Waals surface area contributed by atoms with Crippen molar-refractivity contribution in [2.24, 2.45) is 0 Å². The predicted octanol–water partition coefficient (Wildman–Crippen LogP) is 4.41. The van der Waals surface area contributed by atoms with Crippen LogP contribution in [-0.2, 0) is 6.42 Å². The monoisotopic (exact) mass is 371 g/mol. The number of rotatable bonds is 6. The molecule has 3 aromatic rings. The highest BCUT2D eigenvalue weighted by Gasteiger charge is 2.16. The third-order valence-electron chi connectivity index (χ3n) is 3.87. The van der Waals surface area contributed by atoms with Crippen LogP contribution in [0.2, 0.25) is 0 Å². The van der Waals surface area contributed by atoms with Crippen molar-refractivity contribution in [2.45, 2.75) is 6.42 Å². The first-order chi connectivity index (χ1) is 13.0. The van der Waals surface area contributed by atoms with Crippen LogP contribution in [0.5, 0.6) is 0 Å². The molecule has 0 saturated heterocycles. The average Bonchev–Trinajstić information content (AvgIpc) is 2.69. The number of hydrogen-bond donors (Lipinski definition) is 2. The minimum absolute atomic E-state index is 0.205. The summed E-state index contributed by atoms with van der Waals surface area (Å²) in [7, 11) is 0. The maximum absolute atomic E-state index is 13.7. The van der Waals surface area contributed by atoms with Gasteiger partial charge in [-0.05, 0) is 36.2 Å². The van der Waals surface area contributed by atoms with Crippen LogP contribution in [0.3, 0.4) is 0 Å². The summed E-state index contributed by atoms with van der Waals surface area (Å²) < 4.78 is 39.9. The van der Waals surface area contributed by atoms with E-state index in [-0.39, 0.29) is 5.56 Å². The van der Waals surface area contributed by atoms with Crippen molar-refractivity contribution in [1.82, 2.24) is 4.98 Å². The summed E-state index contributed by atoms with van der Waals surface area (Å²) >= 11 is 0. The molecule has 4 nitrogen and oxygen atoms in total. The van der Waals surface area contributed by atoms with Gasteiger partial charge >= 0.3 is 0 Å². The molecule has 0 saturated carbocycles. The number of halogens is 3. The molecule has 1 aromatic heterocycles. The predicted molar refractivity (Wildman–Crippen MR) is 97.1 cm³/mol. The van der Waals surface area contributed by atoms with Crippen LogP contribution >= 0.6 is 0 Å². The van der Waals surface area contributed by atoms with Crippen LogP contribution in [0, 0.1) is 17.5 Å². The number of anilines is 2. The van der Waals surface area contributed by atoms with Crippen LogP contribution < -0.4 is 10.6 Å². The Morgan fingerprint density at radius 1 is 0.963 bits per heavy atom. The van der Waals surface area contributed by atoms with Gasteiger partial charge in [-0.25, -0.2) is 18.2 Å². The Morgan fingerprint density at radius 3 is 2.52 bits per heavy atom. The van der Waals surface area contributed by atoms with Gasteiger partial charge in [0.1, 0.15) is 5.82 Å². The molecule has 0 aliphatic heterocycles. The Hall–Kier alpha value is -3.35. The Morgan fingerprint density at radius 2 is 1.74 bits per heavy atom. The number of nitrogens with one attached hydrogen (secondary N) is 2. The second kappa shape index (κ2) is 8.35. The molecule has 0 radical (unpaired) electrons. The normalized spacial score (nSPS) is 10.5. The van der Waals surface area contributed by atoms with Gasteiger partial charge in [0.25, 0.3) is 5.91 Å². The molecule has 2 aromatic carbocycles. The van der Waals surface area contributed by atoms with Crippen molar-refractivity contribution < 1.29 is 18.0 Å². The minimum atomic E-state index is -1.63. The van der Waals surface area contributed by atoms with Crippen LogP contribution in [0.15, 0.2) is 60.8 Å². The molecule has 0 spiro atoms. The van der Waals surface area contributed by atoms with Gasteiger partial charge in [-0.1, -0.05) is 30.3 Å². The van der Waals surface area contributed by atoms with Gasteiger partial charge in [0, 0.05) is 18.3 Å². The smallest absolute Gasteiger partial charge is 0.255 e. The number of carbonyl (C=O) groups excluding carboxylic acids is 1. The molecule has 0 aliphatic rings. The molecule has 1 heterocycles. The van der Waals surface area contributed by atoms with Crippen molar-refractivity contribution >= 4 is 17.4 Å². The Labute approximate surface area is 154 Å². The summed E-state index contributed by atoms with van der Waals surface area (Å²) in [6.07, 6.45) is 2.21. The first kappa shape index (κ1) is 18.4. The van der Waals surface area contributed by atoms with Crippen LogP contribution in [0.25, 0.3) is 0 Å². The van der Waals surface area contributed by atoms with E-state index in [2.05, 4.69) is 15.6 Å². The highest BCUT2D eigenvalue weighted by Crippen LogP contribution is 2.20. The third kappa shape index (κ3) is 4.63. The fourth-order valence-corrected chi connectivity index (χ4v) is 2.46. The van der Waals surface area contributed by atoms with Gasteiger partial charge in [0.05, 0.1) is 5.69 Å². The first-order valence-electron chi connectivity index (χ1n) is 8.23. The molecule has 3 rings (SSSR count). The molecule has 1 amide bonds. The van der Waals surface area contributed by atoms with Crippen molar-refractivity contribution in [3.8, 4) is 0 Å². The molecule has 0 unspecified atom stereocenters. The zero-order valence-corrected chi connectivity index (χ0v) is 14.2. The second-order valence-corrected chi connectivity index (χ2v) is 5.77. The standard InChI is InChI=1S/C20H16F3N3O/c21-15-6-7-16(19(23)18(15)22)26-20(27)14-9-11-25-17(12-14)24-10-8-13-4-2-1-3-5-13/h1-7,9,11-12H,8,10H2,(H,24,25)(H,26,27). The van der Waals surface area contributed by atoms with E-state index >= 15 is 0 Å². The zero-order chi connectivity index (χ0) is 19.2. The van der Waals surface area contributed by atoms with E-state index in [0.29, 0.717) is 12.4 Å². The number of carbonyl (C=O) groups is 1. The van der Waals surface area contributed by atoms with Gasteiger partial charge in [-0.3, -0.25) is 4.79 Å². The third-order valence-corrected chi connectivity index (χ3v) is 3.87. The van der Waals surface area contributed by atoms with E-state index in [4.69, 9.17) is 0 Å². The molecule has 7 heteroatoms. The van der Waals surface area contributed by atoms with E-state index in [1.807, 2.05) is 30.3 Å². The Bertz CT molecular complexity index is 948. The van der Waals surface area contributed by atoms with Gasteiger partial charge in [-0.15, -0.1) is 0 Å². The average molecular weight is 371 g/mol. The van der Waals surface area contributed by atoms with E-state index in [1.54, 1.807) is 0 Å². The van der Waals surface area contributed by atoms with Crippen molar-refractivity contribution in [1.29, 1.82) is 0 Å². The topological polar surface area (TPSA) is 54.0 Å². The van der Waals surface area contributed by atoms with Gasteiger partial charge < -0.3 is 10.6 Å². The quantitative estimate of drug-likeness (QED) is 0.631. The second-order valence-electron chi connectivity index (χ2n) is 5.77. The SMILES string of the molecule is O=C(Nc1ccc(F)c(F)c1F)c1ccnc(NCCc2ccccc2)c1. The maximum Gasteiger partial charge on any atom is 0.255 e. The number of nitrogens with zero attached hydrogens (tertiary/aromatic N) is 1. The number of aromatic nitrogens is 1. The van der Waals surface area contributed by atoms with Crippen LogP contribution in [0.1, 0.15) is 15.9 Å². The summed E-state index contributed by atoms with van der Waals surface area (Å²) in [6, 6.07) is 14.5. The van der Waals surface area contributed by atoms with E-state index in [9.17, 15) is 18.0 Å². The largest absolute Gasteiger partial charge is 0.370 e. The maximum atomic E-state index is 13.7. The molecule has 0 aliphatic carbocycles. The van der Waals surface area contributed by atoms with Crippen LogP contribution in [0.4, 0.5) is 24.7 Å². The van der Waals surface area contributed by atoms with Crippen LogP contribution in [-0.4, -0.2) is 17.4 Å². The number of benzene rings is 2. The zero-order valence-electron chi connectivity index (χ0n) is 14.2. The molecular formula is C20H16F3N3O. The van der Waals surface area contributed by atoms with E-state index in [1.165, 1.54) is 18.3 Å². The summed E-state index contributed by atoms with van der Waals surface area (Å²) in [4.78, 5) is 16.4. The molecule has 138 valence electrons. The lowest BCUT2D eigenvalue weighted by molar-refractivity contribution is 0.102. The Kier molecular flexibility index (Phi) is 5.71. The molecule has 0 bridgehead atoms. The highest BCUT2D eigenvalue weighted by molar-refractivity contribution is 6.04. The highest BCUT2D eigenvalue weighted by atomic mass is 19.2. The lowest BCUT2D eigenvalue weighted by atomic mass is 10.1. The minimum Gasteiger partial charge on any atom is -0.370 e. The van der Waals surface area contributed by atoms with E-state index < -0.39 is 29.0 Å². The van der Waals surface area contributed by atoms with Crippen molar-refractivity contribution in [3.63, 3.8) is 0 Å². The molecule has 27 heavy (non-hydrogen) atoms. The first-order valence-corrected chi connectivity index (χ1v) is 8.23. The fourth-order valence-electron chi connectivity index (χ4n) is 2.46. The lowest BCUT2D eigenvalue weighted by Gasteiger charge is -2.09. The summed E-state index contributed by atoms with van der Waals surface area (Å²) in [5.74, 6) is -4.58. The number of pyridine rings is 1. The van der Waals surface area contributed by atoms with Gasteiger partial charge in [-0.2, -0.15) is 0 Å².